The van der Waals surface area contributed by atoms with Gasteiger partial charge in [0.15, 0.2) is 16.7 Å². The summed E-state index contributed by atoms with van der Waals surface area (Å²) in [7, 11) is -0.689. The number of sulfonamides is 1. The van der Waals surface area contributed by atoms with Crippen molar-refractivity contribution in [1.82, 2.24) is 14.3 Å². The average Bonchev–Trinajstić information content (AvgIpc) is 3.40. The number of methoxy groups -OCH3 is 2. The Bertz CT molecular complexity index is 1640. The predicted molar refractivity (Wildman–Crippen MR) is 155 cm³/mol. The highest BCUT2D eigenvalue weighted by Gasteiger charge is 2.30. The summed E-state index contributed by atoms with van der Waals surface area (Å²) in [5.41, 5.74) is 1.91. The minimum absolute atomic E-state index is 0.000975. The van der Waals surface area contributed by atoms with E-state index in [0.717, 1.165) is 11.3 Å². The van der Waals surface area contributed by atoms with Crippen molar-refractivity contribution in [2.45, 2.75) is 29.3 Å². The zero-order valence-electron chi connectivity index (χ0n) is 22.9. The van der Waals surface area contributed by atoms with Gasteiger partial charge in [0.25, 0.3) is 0 Å². The van der Waals surface area contributed by atoms with E-state index >= 15 is 0 Å². The maximum absolute atomic E-state index is 13.8. The van der Waals surface area contributed by atoms with Crippen LogP contribution in [0, 0.1) is 5.82 Å². The number of aromatic carboxylic acids is 1. The summed E-state index contributed by atoms with van der Waals surface area (Å²) >= 11 is 1.34. The summed E-state index contributed by atoms with van der Waals surface area (Å²) in [6.07, 6.45) is 1.76. The van der Waals surface area contributed by atoms with Gasteiger partial charge >= 0.3 is 5.97 Å². The molecular formula is C29H30FN3O6S2. The van der Waals surface area contributed by atoms with Gasteiger partial charge in [-0.2, -0.15) is 0 Å². The number of carbonyl (C=O) groups is 1. The number of carboxylic acids is 1. The zero-order chi connectivity index (χ0) is 29.8. The number of hydrogen-bond acceptors (Lipinski definition) is 7. The summed E-state index contributed by atoms with van der Waals surface area (Å²) in [6.45, 7) is 4.19. The van der Waals surface area contributed by atoms with Crippen LogP contribution in [0.2, 0.25) is 0 Å². The number of carboxylic acid groups (broad SMARTS) is 1. The molecule has 41 heavy (non-hydrogen) atoms. The van der Waals surface area contributed by atoms with Crippen LogP contribution in [0.1, 0.15) is 35.5 Å². The lowest BCUT2D eigenvalue weighted by Gasteiger charge is -2.28. The third-order valence-corrected chi connectivity index (χ3v) is 9.03. The maximum Gasteiger partial charge on any atom is 0.335 e. The smallest absolute Gasteiger partial charge is 0.335 e. The van der Waals surface area contributed by atoms with Gasteiger partial charge in [-0.25, -0.2) is 27.3 Å². The largest absolute Gasteiger partial charge is 0.493 e. The number of nitrogens with one attached hydrogen (secondary N) is 1. The molecule has 0 fully saturated rings. The number of rotatable bonds is 12. The number of nitrogens with zero attached hydrogens (tertiary/aromatic N) is 2. The highest BCUT2D eigenvalue weighted by molar-refractivity contribution is 7.99. The number of imidazole rings is 1. The summed E-state index contributed by atoms with van der Waals surface area (Å²) < 4.78 is 54.5. The molecule has 0 atom stereocenters. The van der Waals surface area contributed by atoms with E-state index in [1.807, 2.05) is 36.6 Å². The second kappa shape index (κ2) is 12.3. The molecule has 0 unspecified atom stereocenters. The fourth-order valence-electron chi connectivity index (χ4n) is 4.27. The molecule has 0 aliphatic carbocycles. The minimum atomic E-state index is -3.84. The lowest BCUT2D eigenvalue weighted by atomic mass is 9.81. The molecule has 0 aliphatic heterocycles. The molecule has 0 spiro atoms. The van der Waals surface area contributed by atoms with E-state index in [4.69, 9.17) is 14.6 Å². The lowest BCUT2D eigenvalue weighted by molar-refractivity contribution is 0.0696. The van der Waals surface area contributed by atoms with Crippen molar-refractivity contribution in [3.05, 3.63) is 95.6 Å². The third-order valence-electron chi connectivity index (χ3n) is 6.60. The second-order valence-electron chi connectivity index (χ2n) is 9.51. The first-order valence-corrected chi connectivity index (χ1v) is 15.0. The quantitative estimate of drug-likeness (QED) is 0.170. The van der Waals surface area contributed by atoms with Crippen LogP contribution in [0.15, 0.2) is 83.0 Å². The van der Waals surface area contributed by atoms with Crippen LogP contribution in [0.25, 0.3) is 5.69 Å². The van der Waals surface area contributed by atoms with Crippen molar-refractivity contribution in [3.63, 3.8) is 0 Å². The van der Waals surface area contributed by atoms with E-state index in [0.29, 0.717) is 28.1 Å². The Balaban J connectivity index is 1.59. The van der Waals surface area contributed by atoms with Gasteiger partial charge in [-0.1, -0.05) is 31.7 Å². The molecule has 4 aromatic rings. The number of aromatic nitrogens is 2. The molecule has 2 N–H and O–H groups in total. The maximum atomic E-state index is 13.8. The Morgan fingerprint density at radius 2 is 1.68 bits per heavy atom. The van der Waals surface area contributed by atoms with Gasteiger partial charge in [0.2, 0.25) is 10.0 Å². The highest BCUT2D eigenvalue weighted by Crippen LogP contribution is 2.39. The van der Waals surface area contributed by atoms with Crippen LogP contribution < -0.4 is 14.2 Å². The summed E-state index contributed by atoms with van der Waals surface area (Å²) in [6, 6.07) is 16.8. The molecule has 0 saturated heterocycles. The standard InChI is InChI=1S/C29H30FN3O6S2/c1-29(2,20-7-14-24(38-3)25(17-20)39-4)26-18-31-28(33(26)22-10-8-21(30)9-11-22)40-16-15-32-41(36,37)23-12-5-19(6-13-23)27(34)35/h5-14,17-18,32H,15-16H2,1-4H3,(H,34,35). The summed E-state index contributed by atoms with van der Waals surface area (Å²) in [5, 5.41) is 9.64. The minimum Gasteiger partial charge on any atom is -0.493 e. The number of ether oxygens (including phenoxy) is 2. The van der Waals surface area contributed by atoms with E-state index in [1.54, 1.807) is 32.5 Å². The summed E-state index contributed by atoms with van der Waals surface area (Å²) in [4.78, 5) is 15.7. The summed E-state index contributed by atoms with van der Waals surface area (Å²) in [5.74, 6) is 0.0418. The second-order valence-corrected chi connectivity index (χ2v) is 12.3. The molecule has 1 aromatic heterocycles. The molecule has 3 aromatic carbocycles. The molecule has 0 bridgehead atoms. The Labute approximate surface area is 242 Å². The molecule has 0 radical (unpaired) electrons. The van der Waals surface area contributed by atoms with Gasteiger partial charge < -0.3 is 14.6 Å². The van der Waals surface area contributed by atoms with Crippen LogP contribution in [0.3, 0.4) is 0 Å². The van der Waals surface area contributed by atoms with E-state index in [9.17, 15) is 17.6 Å². The topological polar surface area (TPSA) is 120 Å². The van der Waals surface area contributed by atoms with Crippen molar-refractivity contribution >= 4 is 27.8 Å². The Kier molecular flexibility index (Phi) is 9.05. The molecule has 0 aliphatic rings. The zero-order valence-corrected chi connectivity index (χ0v) is 24.6. The monoisotopic (exact) mass is 599 g/mol. The lowest BCUT2D eigenvalue weighted by Crippen LogP contribution is -2.26. The predicted octanol–water partition coefficient (Wildman–Crippen LogP) is 5.12. The number of hydrogen-bond donors (Lipinski definition) is 2. The van der Waals surface area contributed by atoms with Crippen molar-refractivity contribution in [2.75, 3.05) is 26.5 Å². The Hall–Kier alpha value is -3.87. The Morgan fingerprint density at radius 3 is 2.29 bits per heavy atom. The van der Waals surface area contributed by atoms with E-state index in [1.165, 1.54) is 48.2 Å². The molecule has 0 amide bonds. The number of halogens is 1. The van der Waals surface area contributed by atoms with Crippen LogP contribution >= 0.6 is 11.8 Å². The third kappa shape index (κ3) is 6.55. The average molecular weight is 600 g/mol. The van der Waals surface area contributed by atoms with Crippen molar-refractivity contribution in [1.29, 1.82) is 0 Å². The van der Waals surface area contributed by atoms with E-state index in [-0.39, 0.29) is 22.8 Å². The van der Waals surface area contributed by atoms with Gasteiger partial charge in [-0.3, -0.25) is 4.57 Å². The molecule has 4 rings (SSSR count). The van der Waals surface area contributed by atoms with Gasteiger partial charge in [-0.15, -0.1) is 0 Å². The first kappa shape index (κ1) is 30.1. The van der Waals surface area contributed by atoms with Crippen LogP contribution in [0.4, 0.5) is 4.39 Å². The van der Waals surface area contributed by atoms with Crippen molar-refractivity contribution in [2.24, 2.45) is 0 Å². The molecule has 216 valence electrons. The molecule has 9 nitrogen and oxygen atoms in total. The first-order chi connectivity index (χ1) is 19.5. The van der Waals surface area contributed by atoms with Gasteiger partial charge in [0, 0.05) is 23.4 Å². The van der Waals surface area contributed by atoms with Crippen LogP contribution in [-0.4, -0.2) is 55.6 Å². The van der Waals surface area contributed by atoms with E-state index < -0.39 is 21.4 Å². The number of benzene rings is 3. The highest BCUT2D eigenvalue weighted by atomic mass is 32.2. The van der Waals surface area contributed by atoms with Gasteiger partial charge in [0.1, 0.15) is 5.82 Å². The van der Waals surface area contributed by atoms with E-state index in [2.05, 4.69) is 9.71 Å². The molecule has 0 saturated carbocycles. The SMILES string of the molecule is COc1ccc(C(C)(C)c2cnc(SCCNS(=O)(=O)c3ccc(C(=O)O)cc3)n2-c2ccc(F)cc2)cc1OC. The van der Waals surface area contributed by atoms with Gasteiger partial charge in [0.05, 0.1) is 36.6 Å². The fraction of sp³-hybridized carbons (Fsp3) is 0.241. The molecule has 1 heterocycles. The van der Waals surface area contributed by atoms with Crippen molar-refractivity contribution in [3.8, 4) is 17.2 Å². The van der Waals surface area contributed by atoms with Gasteiger partial charge in [-0.05, 0) is 66.2 Å². The van der Waals surface area contributed by atoms with Crippen LogP contribution in [0.5, 0.6) is 11.5 Å². The number of thioether (sulfide) groups is 1. The molecular weight excluding hydrogens is 569 g/mol. The van der Waals surface area contributed by atoms with Crippen molar-refractivity contribution < 1.29 is 32.2 Å². The Morgan fingerprint density at radius 1 is 1.02 bits per heavy atom. The van der Waals surface area contributed by atoms with Crippen LogP contribution in [-0.2, 0) is 15.4 Å². The molecule has 12 heteroatoms. The first-order valence-electron chi connectivity index (χ1n) is 12.5. The normalized spacial score (nSPS) is 11.8. The fourth-order valence-corrected chi connectivity index (χ4v) is 6.28.